The first-order valence-electron chi connectivity index (χ1n) is 9.37. The highest BCUT2D eigenvalue weighted by Crippen LogP contribution is 2.20. The van der Waals surface area contributed by atoms with Crippen LogP contribution in [0.1, 0.15) is 20.7 Å². The maximum atomic E-state index is 13.9. The number of rotatable bonds is 5. The van der Waals surface area contributed by atoms with Crippen molar-refractivity contribution in [3.8, 4) is 0 Å². The summed E-state index contributed by atoms with van der Waals surface area (Å²) in [6.45, 7) is 0. The van der Waals surface area contributed by atoms with Crippen LogP contribution in [0.2, 0.25) is 5.02 Å². The minimum atomic E-state index is -4.36. The van der Waals surface area contributed by atoms with Gasteiger partial charge in [-0.15, -0.1) is 0 Å². The molecular weight excluding hydrogens is 471 g/mol. The predicted molar refractivity (Wildman–Crippen MR) is 120 cm³/mol. The molecule has 0 aliphatic heterocycles. The summed E-state index contributed by atoms with van der Waals surface area (Å²) in [5.41, 5.74) is 0.379. The quantitative estimate of drug-likeness (QED) is 0.445. The molecule has 11 heteroatoms. The third-order valence-corrected chi connectivity index (χ3v) is 6.10. The predicted octanol–water partition coefficient (Wildman–Crippen LogP) is 3.79. The van der Waals surface area contributed by atoms with Crippen LogP contribution in [-0.2, 0) is 10.0 Å². The third kappa shape index (κ3) is 4.97. The molecule has 33 heavy (non-hydrogen) atoms. The minimum Gasteiger partial charge on any atom is -0.322 e. The van der Waals surface area contributed by atoms with Crippen LogP contribution >= 0.6 is 11.6 Å². The number of halogens is 2. The van der Waals surface area contributed by atoms with E-state index in [9.17, 15) is 22.4 Å². The SMILES string of the molecule is O=C(Nc1cccc(S(=O)(=O)NC(=O)c2cc(F)cc3nccnc23)c1)c1ccc(Cl)cc1. The van der Waals surface area contributed by atoms with E-state index in [0.717, 1.165) is 12.1 Å². The normalized spacial score (nSPS) is 11.2. The molecule has 1 aromatic heterocycles. The highest BCUT2D eigenvalue weighted by atomic mass is 35.5. The highest BCUT2D eigenvalue weighted by molar-refractivity contribution is 7.90. The molecule has 0 aliphatic rings. The Morgan fingerprint density at radius 2 is 1.64 bits per heavy atom. The smallest absolute Gasteiger partial charge is 0.267 e. The van der Waals surface area contributed by atoms with Gasteiger partial charge in [-0.3, -0.25) is 19.6 Å². The Kier molecular flexibility index (Phi) is 6.03. The van der Waals surface area contributed by atoms with Crippen LogP contribution in [0.15, 0.2) is 78.0 Å². The molecule has 1 heterocycles. The molecule has 4 aromatic rings. The molecule has 2 N–H and O–H groups in total. The third-order valence-electron chi connectivity index (χ3n) is 4.52. The van der Waals surface area contributed by atoms with E-state index in [-0.39, 0.29) is 27.2 Å². The van der Waals surface area contributed by atoms with Crippen molar-refractivity contribution in [1.82, 2.24) is 14.7 Å². The molecule has 0 unspecified atom stereocenters. The van der Waals surface area contributed by atoms with Gasteiger partial charge in [0.15, 0.2) is 0 Å². The number of hydrogen-bond donors (Lipinski definition) is 2. The minimum absolute atomic E-state index is 0.0515. The van der Waals surface area contributed by atoms with Gasteiger partial charge in [0.05, 0.1) is 16.0 Å². The lowest BCUT2D eigenvalue weighted by atomic mass is 10.1. The van der Waals surface area contributed by atoms with E-state index in [1.165, 1.54) is 48.8 Å². The summed E-state index contributed by atoms with van der Waals surface area (Å²) in [5.74, 6) is -2.32. The number of fused-ring (bicyclic) bond motifs is 1. The fourth-order valence-corrected chi connectivity index (χ4v) is 4.13. The van der Waals surface area contributed by atoms with Crippen LogP contribution in [0, 0.1) is 5.82 Å². The van der Waals surface area contributed by atoms with Gasteiger partial charge in [0, 0.05) is 34.7 Å². The summed E-state index contributed by atoms with van der Waals surface area (Å²) in [5, 5.41) is 3.05. The summed E-state index contributed by atoms with van der Waals surface area (Å²) in [6.07, 6.45) is 2.63. The summed E-state index contributed by atoms with van der Waals surface area (Å²) in [6, 6.07) is 13.4. The van der Waals surface area contributed by atoms with Gasteiger partial charge < -0.3 is 5.32 Å². The maximum absolute atomic E-state index is 13.9. The van der Waals surface area contributed by atoms with Crippen molar-refractivity contribution < 1.29 is 22.4 Å². The second-order valence-corrected chi connectivity index (χ2v) is 8.92. The Morgan fingerprint density at radius 1 is 0.909 bits per heavy atom. The lowest BCUT2D eigenvalue weighted by Crippen LogP contribution is -2.31. The molecular formula is C22H14ClFN4O4S. The number of benzene rings is 3. The molecule has 0 atom stereocenters. The van der Waals surface area contributed by atoms with E-state index >= 15 is 0 Å². The lowest BCUT2D eigenvalue weighted by molar-refractivity contribution is 0.0980. The number of amides is 2. The van der Waals surface area contributed by atoms with Crippen molar-refractivity contribution in [2.75, 3.05) is 5.32 Å². The van der Waals surface area contributed by atoms with Crippen molar-refractivity contribution in [3.05, 3.63) is 95.0 Å². The largest absolute Gasteiger partial charge is 0.322 e. The molecule has 0 saturated carbocycles. The van der Waals surface area contributed by atoms with E-state index in [1.807, 2.05) is 4.72 Å². The fourth-order valence-electron chi connectivity index (χ4n) is 3.00. The topological polar surface area (TPSA) is 118 Å². The highest BCUT2D eigenvalue weighted by Gasteiger charge is 2.22. The first kappa shape index (κ1) is 22.3. The van der Waals surface area contributed by atoms with Crippen molar-refractivity contribution >= 4 is 50.2 Å². The number of anilines is 1. The summed E-state index contributed by atoms with van der Waals surface area (Å²) >= 11 is 5.81. The number of nitrogens with one attached hydrogen (secondary N) is 2. The molecule has 0 spiro atoms. The van der Waals surface area contributed by atoms with Gasteiger partial charge in [-0.25, -0.2) is 17.5 Å². The monoisotopic (exact) mass is 484 g/mol. The fraction of sp³-hybridized carbons (Fsp3) is 0. The maximum Gasteiger partial charge on any atom is 0.267 e. The van der Waals surface area contributed by atoms with Gasteiger partial charge >= 0.3 is 0 Å². The number of nitrogens with zero attached hydrogens (tertiary/aromatic N) is 2. The Balaban J connectivity index is 1.57. The Bertz CT molecular complexity index is 1490. The summed E-state index contributed by atoms with van der Waals surface area (Å²) < 4.78 is 41.4. The van der Waals surface area contributed by atoms with Gasteiger partial charge in [-0.2, -0.15) is 0 Å². The van der Waals surface area contributed by atoms with Crippen LogP contribution in [0.25, 0.3) is 11.0 Å². The Hall–Kier alpha value is -3.89. The Labute approximate surface area is 192 Å². The first-order valence-corrected chi connectivity index (χ1v) is 11.2. The van der Waals surface area contributed by atoms with Crippen molar-refractivity contribution in [1.29, 1.82) is 0 Å². The van der Waals surface area contributed by atoms with Gasteiger partial charge in [0.2, 0.25) is 0 Å². The van der Waals surface area contributed by atoms with Gasteiger partial charge in [-0.05, 0) is 48.5 Å². The number of aromatic nitrogens is 2. The van der Waals surface area contributed by atoms with Gasteiger partial charge in [-0.1, -0.05) is 17.7 Å². The lowest BCUT2D eigenvalue weighted by Gasteiger charge is -2.11. The molecule has 0 aliphatic carbocycles. The zero-order chi connectivity index (χ0) is 23.6. The molecule has 0 fully saturated rings. The van der Waals surface area contributed by atoms with E-state index in [0.29, 0.717) is 10.6 Å². The van der Waals surface area contributed by atoms with E-state index < -0.39 is 27.7 Å². The second-order valence-electron chi connectivity index (χ2n) is 6.80. The average Bonchev–Trinajstić information content (AvgIpc) is 2.78. The van der Waals surface area contributed by atoms with Gasteiger partial charge in [0.25, 0.3) is 21.8 Å². The van der Waals surface area contributed by atoms with Crippen LogP contribution < -0.4 is 10.0 Å². The Morgan fingerprint density at radius 3 is 2.39 bits per heavy atom. The van der Waals surface area contributed by atoms with E-state index in [1.54, 1.807) is 12.1 Å². The molecule has 4 rings (SSSR count). The second kappa shape index (κ2) is 8.93. The van der Waals surface area contributed by atoms with Crippen molar-refractivity contribution in [2.45, 2.75) is 4.90 Å². The number of carbonyl (C=O) groups excluding carboxylic acids is 2. The molecule has 3 aromatic carbocycles. The first-order chi connectivity index (χ1) is 15.7. The van der Waals surface area contributed by atoms with Crippen LogP contribution in [-0.4, -0.2) is 30.2 Å². The molecule has 8 nitrogen and oxygen atoms in total. The van der Waals surface area contributed by atoms with Crippen molar-refractivity contribution in [3.63, 3.8) is 0 Å². The molecule has 2 amide bonds. The summed E-state index contributed by atoms with van der Waals surface area (Å²) in [4.78, 5) is 32.7. The van der Waals surface area contributed by atoms with Crippen LogP contribution in [0.5, 0.6) is 0 Å². The molecule has 0 bridgehead atoms. The van der Waals surface area contributed by atoms with E-state index in [4.69, 9.17) is 11.6 Å². The standard InChI is InChI=1S/C22H14ClFN4O4S/c23-14-6-4-13(5-7-14)21(29)27-16-2-1-3-17(12-16)33(31,32)28-22(30)18-10-15(24)11-19-20(18)26-9-8-25-19/h1-12H,(H,27,29)(H,28,30). The zero-order valence-electron chi connectivity index (χ0n) is 16.6. The number of sulfonamides is 1. The molecule has 166 valence electrons. The number of hydrogen-bond acceptors (Lipinski definition) is 6. The number of carbonyl (C=O) groups is 2. The molecule has 0 saturated heterocycles. The summed E-state index contributed by atoms with van der Waals surface area (Å²) in [7, 11) is -4.36. The zero-order valence-corrected chi connectivity index (χ0v) is 18.2. The van der Waals surface area contributed by atoms with Crippen LogP contribution in [0.4, 0.5) is 10.1 Å². The molecule has 0 radical (unpaired) electrons. The van der Waals surface area contributed by atoms with Crippen LogP contribution in [0.3, 0.4) is 0 Å². The van der Waals surface area contributed by atoms with Crippen molar-refractivity contribution in [2.24, 2.45) is 0 Å². The van der Waals surface area contributed by atoms with E-state index in [2.05, 4.69) is 15.3 Å². The average molecular weight is 485 g/mol. The van der Waals surface area contributed by atoms with Gasteiger partial charge in [0.1, 0.15) is 11.3 Å².